The second kappa shape index (κ2) is 9.78. The van der Waals surface area contributed by atoms with Crippen LogP contribution < -0.4 is 5.32 Å². The molecule has 0 radical (unpaired) electrons. The number of nitrogens with one attached hydrogen (secondary N) is 1. The Bertz CT molecular complexity index is 711. The minimum Gasteiger partial charge on any atom is -0.468 e. The van der Waals surface area contributed by atoms with E-state index in [-0.39, 0.29) is 25.0 Å². The Morgan fingerprint density at radius 3 is 2.72 bits per heavy atom. The van der Waals surface area contributed by atoms with Crippen LogP contribution in [0.25, 0.3) is 11.0 Å². The normalized spacial score (nSPS) is 10.8. The predicted octanol–water partition coefficient (Wildman–Crippen LogP) is 1.68. The van der Waals surface area contributed by atoms with Gasteiger partial charge in [0, 0.05) is 20.1 Å². The lowest BCUT2D eigenvalue weighted by Crippen LogP contribution is -2.27. The van der Waals surface area contributed by atoms with E-state index in [1.54, 1.807) is 0 Å². The van der Waals surface area contributed by atoms with Crippen LogP contribution in [0.1, 0.15) is 25.1 Å². The van der Waals surface area contributed by atoms with Crippen molar-refractivity contribution < 1.29 is 19.1 Å². The summed E-state index contributed by atoms with van der Waals surface area (Å²) in [5.41, 5.74) is 1.82. The van der Waals surface area contributed by atoms with Gasteiger partial charge in [0.1, 0.15) is 19.0 Å². The van der Waals surface area contributed by atoms with E-state index in [2.05, 4.69) is 10.3 Å². The number of amides is 1. The number of carbonyl (C=O) groups excluding carboxylic acids is 2. The fourth-order valence-corrected chi connectivity index (χ4v) is 2.68. The summed E-state index contributed by atoms with van der Waals surface area (Å²) < 4.78 is 11.5. The van der Waals surface area contributed by atoms with Crippen molar-refractivity contribution >= 4 is 22.9 Å². The fourth-order valence-electron chi connectivity index (χ4n) is 2.68. The van der Waals surface area contributed by atoms with Crippen molar-refractivity contribution in [1.29, 1.82) is 0 Å². The smallest absolute Gasteiger partial charge is 0.325 e. The molecular formula is C18H25N3O4. The van der Waals surface area contributed by atoms with Gasteiger partial charge in [-0.3, -0.25) is 9.59 Å². The number of rotatable bonds is 10. The number of benzene rings is 1. The average Bonchev–Trinajstić information content (AvgIpc) is 2.95. The molecule has 0 aliphatic carbocycles. The molecule has 0 aliphatic rings. The van der Waals surface area contributed by atoms with Crippen molar-refractivity contribution in [2.24, 2.45) is 0 Å². The highest BCUT2D eigenvalue weighted by Gasteiger charge is 2.13. The molecule has 1 N–H and O–H groups in total. The van der Waals surface area contributed by atoms with E-state index in [9.17, 15) is 9.59 Å². The molecule has 7 nitrogen and oxygen atoms in total. The fraction of sp³-hybridized carbons (Fsp3) is 0.500. The lowest BCUT2D eigenvalue weighted by Gasteiger charge is -2.08. The van der Waals surface area contributed by atoms with Gasteiger partial charge in [0.2, 0.25) is 5.91 Å². The number of ether oxygens (including phenoxy) is 2. The summed E-state index contributed by atoms with van der Waals surface area (Å²) in [5, 5.41) is 2.80. The Kier molecular flexibility index (Phi) is 7.40. The number of esters is 1. The maximum atomic E-state index is 11.7. The highest BCUT2D eigenvalue weighted by atomic mass is 16.5. The Labute approximate surface area is 147 Å². The molecule has 2 rings (SSSR count). The number of imidazole rings is 1. The lowest BCUT2D eigenvalue weighted by atomic mass is 10.2. The topological polar surface area (TPSA) is 82.5 Å². The summed E-state index contributed by atoms with van der Waals surface area (Å²) in [5.74, 6) is 0.502. The number of hydrogen-bond acceptors (Lipinski definition) is 5. The third-order valence-corrected chi connectivity index (χ3v) is 3.92. The first-order valence-electron chi connectivity index (χ1n) is 8.42. The molecular weight excluding hydrogens is 322 g/mol. The quantitative estimate of drug-likeness (QED) is 0.522. The zero-order valence-corrected chi connectivity index (χ0v) is 14.8. The molecule has 0 bridgehead atoms. The molecule has 0 saturated carbocycles. The number of aryl methyl sites for hydroxylation is 1. The van der Waals surface area contributed by atoms with Crippen LogP contribution in [0.2, 0.25) is 0 Å². The lowest BCUT2D eigenvalue weighted by molar-refractivity contribution is -0.141. The largest absolute Gasteiger partial charge is 0.468 e. The van der Waals surface area contributed by atoms with Crippen LogP contribution in [0.3, 0.4) is 0 Å². The second-order valence-corrected chi connectivity index (χ2v) is 5.77. The summed E-state index contributed by atoms with van der Waals surface area (Å²) in [7, 11) is 2.89. The van der Waals surface area contributed by atoms with Crippen molar-refractivity contribution in [2.75, 3.05) is 27.4 Å². The van der Waals surface area contributed by atoms with Crippen LogP contribution in [-0.2, 0) is 32.0 Å². The van der Waals surface area contributed by atoms with Gasteiger partial charge in [0.05, 0.1) is 18.1 Å². The third kappa shape index (κ3) is 5.56. The van der Waals surface area contributed by atoms with Gasteiger partial charge >= 0.3 is 5.97 Å². The highest BCUT2D eigenvalue weighted by Crippen LogP contribution is 2.18. The Morgan fingerprint density at radius 1 is 1.16 bits per heavy atom. The molecule has 0 unspecified atom stereocenters. The van der Waals surface area contributed by atoms with E-state index >= 15 is 0 Å². The Hall–Kier alpha value is -2.41. The van der Waals surface area contributed by atoms with Crippen LogP contribution in [0.5, 0.6) is 0 Å². The Morgan fingerprint density at radius 2 is 1.96 bits per heavy atom. The molecule has 0 spiro atoms. The summed E-state index contributed by atoms with van der Waals surface area (Å²) in [6.07, 6.45) is 3.57. The van der Waals surface area contributed by atoms with Crippen molar-refractivity contribution in [2.45, 2.75) is 32.2 Å². The van der Waals surface area contributed by atoms with Crippen molar-refractivity contribution in [3.63, 3.8) is 0 Å². The van der Waals surface area contributed by atoms with Crippen LogP contribution >= 0.6 is 0 Å². The Balaban J connectivity index is 1.88. The van der Waals surface area contributed by atoms with Gasteiger partial charge in [-0.1, -0.05) is 18.6 Å². The average molecular weight is 347 g/mol. The van der Waals surface area contributed by atoms with Crippen LogP contribution in [-0.4, -0.2) is 48.8 Å². The molecule has 1 aromatic carbocycles. The molecule has 1 aromatic heterocycles. The molecule has 7 heteroatoms. The molecule has 0 fully saturated rings. The maximum absolute atomic E-state index is 11.7. The summed E-state index contributed by atoms with van der Waals surface area (Å²) in [6, 6.07) is 7.77. The van der Waals surface area contributed by atoms with Crippen molar-refractivity contribution in [1.82, 2.24) is 14.9 Å². The molecule has 0 aliphatic heterocycles. The zero-order chi connectivity index (χ0) is 18.1. The third-order valence-electron chi connectivity index (χ3n) is 3.92. The standard InChI is InChI=1S/C18H25N3O4/c1-24-13-17(22)19-11-7-3-4-10-16-20-14-8-5-6-9-15(14)21(16)12-18(23)25-2/h5-6,8-9H,3-4,7,10-13H2,1-2H3,(H,19,22). The maximum Gasteiger partial charge on any atom is 0.325 e. The molecule has 2 aromatic rings. The monoisotopic (exact) mass is 347 g/mol. The molecule has 0 saturated heterocycles. The van der Waals surface area contributed by atoms with E-state index in [4.69, 9.17) is 9.47 Å². The number of hydrogen-bond donors (Lipinski definition) is 1. The van der Waals surface area contributed by atoms with E-state index in [0.717, 1.165) is 42.5 Å². The molecule has 25 heavy (non-hydrogen) atoms. The van der Waals surface area contributed by atoms with Crippen LogP contribution in [0.15, 0.2) is 24.3 Å². The summed E-state index contributed by atoms with van der Waals surface area (Å²) in [4.78, 5) is 27.6. The second-order valence-electron chi connectivity index (χ2n) is 5.77. The number of unbranched alkanes of at least 4 members (excludes halogenated alkanes) is 2. The number of methoxy groups -OCH3 is 2. The number of aromatic nitrogens is 2. The van der Waals surface area contributed by atoms with Crippen molar-refractivity contribution in [3.8, 4) is 0 Å². The van der Waals surface area contributed by atoms with Crippen molar-refractivity contribution in [3.05, 3.63) is 30.1 Å². The van der Waals surface area contributed by atoms with Gasteiger partial charge in [-0.05, 0) is 25.0 Å². The first-order chi connectivity index (χ1) is 12.2. The first-order valence-corrected chi connectivity index (χ1v) is 8.42. The predicted molar refractivity (Wildman–Crippen MR) is 94.2 cm³/mol. The summed E-state index contributed by atoms with van der Waals surface area (Å²) >= 11 is 0. The SMILES string of the molecule is COCC(=O)NCCCCCc1nc2ccccc2n1CC(=O)OC. The first kappa shape index (κ1) is 18.9. The number of para-hydroxylation sites is 2. The van der Waals surface area contributed by atoms with Gasteiger partial charge in [-0.15, -0.1) is 0 Å². The van der Waals surface area contributed by atoms with Gasteiger partial charge < -0.3 is 19.4 Å². The molecule has 136 valence electrons. The van der Waals surface area contributed by atoms with Gasteiger partial charge in [0.25, 0.3) is 0 Å². The minimum atomic E-state index is -0.287. The van der Waals surface area contributed by atoms with Crippen LogP contribution in [0, 0.1) is 0 Å². The van der Waals surface area contributed by atoms with E-state index in [1.165, 1.54) is 14.2 Å². The number of carbonyl (C=O) groups is 2. The van der Waals surface area contributed by atoms with Crippen LogP contribution in [0.4, 0.5) is 0 Å². The zero-order valence-electron chi connectivity index (χ0n) is 14.8. The number of nitrogens with zero attached hydrogens (tertiary/aromatic N) is 2. The summed E-state index contributed by atoms with van der Waals surface area (Å²) in [6.45, 7) is 0.901. The van der Waals surface area contributed by atoms with E-state index in [1.807, 2.05) is 28.8 Å². The van der Waals surface area contributed by atoms with E-state index in [0.29, 0.717) is 6.54 Å². The molecule has 0 atom stereocenters. The minimum absolute atomic E-state index is 0.0948. The van der Waals surface area contributed by atoms with Gasteiger partial charge in [0.15, 0.2) is 0 Å². The van der Waals surface area contributed by atoms with Gasteiger partial charge in [-0.25, -0.2) is 4.98 Å². The van der Waals surface area contributed by atoms with Gasteiger partial charge in [-0.2, -0.15) is 0 Å². The number of fused-ring (bicyclic) bond motifs is 1. The van der Waals surface area contributed by atoms with E-state index < -0.39 is 0 Å². The highest BCUT2D eigenvalue weighted by molar-refractivity contribution is 5.79. The molecule has 1 heterocycles. The molecule has 1 amide bonds.